The zero-order chi connectivity index (χ0) is 20.9. The third kappa shape index (κ3) is 5.24. The van der Waals surface area contributed by atoms with Crippen molar-refractivity contribution >= 4 is 44.9 Å². The number of benzene rings is 2. The quantitative estimate of drug-likeness (QED) is 0.688. The van der Waals surface area contributed by atoms with E-state index in [0.29, 0.717) is 11.4 Å². The first-order chi connectivity index (χ1) is 13.1. The van der Waals surface area contributed by atoms with Crippen LogP contribution in [0.1, 0.15) is 24.2 Å². The minimum atomic E-state index is -3.70. The standard InChI is InChI=1S/C19H21ClN2O5S/c1-4-27-19(24)16-11-10-14(12-17(16)20)21-18(23)13(2)22(28(3,25)26)15-8-6-5-7-9-15/h5-13H,4H2,1-3H3,(H,21,23)/t13-/m0/s1. The molecule has 1 N–H and O–H groups in total. The second-order valence-electron chi connectivity index (χ2n) is 5.97. The van der Waals surface area contributed by atoms with E-state index in [1.807, 2.05) is 0 Å². The Morgan fingerprint density at radius 2 is 1.82 bits per heavy atom. The number of rotatable bonds is 7. The maximum absolute atomic E-state index is 12.7. The summed E-state index contributed by atoms with van der Waals surface area (Å²) in [4.78, 5) is 24.5. The van der Waals surface area contributed by atoms with Gasteiger partial charge < -0.3 is 10.1 Å². The van der Waals surface area contributed by atoms with Gasteiger partial charge in [-0.05, 0) is 44.2 Å². The fourth-order valence-corrected chi connectivity index (χ4v) is 4.03. The van der Waals surface area contributed by atoms with Gasteiger partial charge in [-0.1, -0.05) is 29.8 Å². The van der Waals surface area contributed by atoms with E-state index in [4.69, 9.17) is 16.3 Å². The van der Waals surface area contributed by atoms with Gasteiger partial charge in [-0.25, -0.2) is 13.2 Å². The molecule has 1 amide bonds. The molecule has 2 aromatic rings. The van der Waals surface area contributed by atoms with Crippen LogP contribution < -0.4 is 9.62 Å². The summed E-state index contributed by atoms with van der Waals surface area (Å²) < 4.78 is 30.4. The van der Waals surface area contributed by atoms with Crippen LogP contribution in [0, 0.1) is 0 Å². The normalized spacial score (nSPS) is 12.1. The van der Waals surface area contributed by atoms with E-state index in [1.165, 1.54) is 25.1 Å². The molecule has 0 aliphatic rings. The van der Waals surface area contributed by atoms with Crippen LogP contribution in [0.4, 0.5) is 11.4 Å². The maximum atomic E-state index is 12.7. The van der Waals surface area contributed by atoms with Gasteiger partial charge in [-0.3, -0.25) is 9.10 Å². The summed E-state index contributed by atoms with van der Waals surface area (Å²) in [6.07, 6.45) is 1.04. The summed E-state index contributed by atoms with van der Waals surface area (Å²) in [5.74, 6) is -1.11. The van der Waals surface area contributed by atoms with Gasteiger partial charge in [0.05, 0.1) is 29.1 Å². The van der Waals surface area contributed by atoms with Crippen LogP contribution in [-0.2, 0) is 19.6 Å². The van der Waals surface area contributed by atoms with Gasteiger partial charge in [-0.15, -0.1) is 0 Å². The Labute approximate surface area is 169 Å². The topological polar surface area (TPSA) is 92.8 Å². The monoisotopic (exact) mass is 424 g/mol. The average Bonchev–Trinajstić information content (AvgIpc) is 2.61. The molecule has 0 aliphatic heterocycles. The van der Waals surface area contributed by atoms with Gasteiger partial charge in [-0.2, -0.15) is 0 Å². The van der Waals surface area contributed by atoms with Crippen molar-refractivity contribution in [3.8, 4) is 0 Å². The zero-order valence-electron chi connectivity index (χ0n) is 15.7. The molecule has 0 aliphatic carbocycles. The molecule has 150 valence electrons. The van der Waals surface area contributed by atoms with E-state index in [-0.39, 0.29) is 17.2 Å². The summed E-state index contributed by atoms with van der Waals surface area (Å²) in [6.45, 7) is 3.38. The van der Waals surface area contributed by atoms with E-state index in [1.54, 1.807) is 37.3 Å². The number of esters is 1. The lowest BCUT2D eigenvalue weighted by atomic mass is 10.2. The molecule has 0 heterocycles. The number of halogens is 1. The predicted molar refractivity (Wildman–Crippen MR) is 109 cm³/mol. The molecule has 0 unspecified atom stereocenters. The Hall–Kier alpha value is -2.58. The Morgan fingerprint density at radius 3 is 2.36 bits per heavy atom. The number of nitrogens with one attached hydrogen (secondary N) is 1. The Kier molecular flexibility index (Phi) is 7.04. The SMILES string of the molecule is CCOC(=O)c1ccc(NC(=O)[C@H](C)N(c2ccccc2)S(C)(=O)=O)cc1Cl. The number of hydrogen-bond donors (Lipinski definition) is 1. The van der Waals surface area contributed by atoms with Crippen LogP contribution in [0.15, 0.2) is 48.5 Å². The van der Waals surface area contributed by atoms with Crippen molar-refractivity contribution in [3.05, 3.63) is 59.1 Å². The second-order valence-corrected chi connectivity index (χ2v) is 8.24. The highest BCUT2D eigenvalue weighted by Crippen LogP contribution is 2.24. The first-order valence-corrected chi connectivity index (χ1v) is 10.7. The minimum Gasteiger partial charge on any atom is -0.462 e. The summed E-state index contributed by atoms with van der Waals surface area (Å²) in [5.41, 5.74) is 0.886. The van der Waals surface area contributed by atoms with Gasteiger partial charge >= 0.3 is 5.97 Å². The van der Waals surface area contributed by atoms with Crippen molar-refractivity contribution in [3.63, 3.8) is 0 Å². The third-order valence-corrected chi connectivity index (χ3v) is 5.39. The highest BCUT2D eigenvalue weighted by molar-refractivity contribution is 7.92. The lowest BCUT2D eigenvalue weighted by Crippen LogP contribution is -2.45. The summed E-state index contributed by atoms with van der Waals surface area (Å²) in [6, 6.07) is 11.7. The molecular formula is C19H21ClN2O5S. The van der Waals surface area contributed by atoms with Crippen molar-refractivity contribution in [2.45, 2.75) is 19.9 Å². The van der Waals surface area contributed by atoms with Gasteiger partial charge in [0, 0.05) is 5.69 Å². The van der Waals surface area contributed by atoms with Crippen LogP contribution in [0.3, 0.4) is 0 Å². The van der Waals surface area contributed by atoms with E-state index >= 15 is 0 Å². The molecule has 0 spiro atoms. The Balaban J connectivity index is 2.23. The van der Waals surface area contributed by atoms with Crippen LogP contribution in [0.25, 0.3) is 0 Å². The molecule has 1 atom stereocenters. The molecule has 0 fully saturated rings. The Morgan fingerprint density at radius 1 is 1.18 bits per heavy atom. The number of carbonyl (C=O) groups excluding carboxylic acids is 2. The number of para-hydroxylation sites is 1. The number of anilines is 2. The highest BCUT2D eigenvalue weighted by atomic mass is 35.5. The van der Waals surface area contributed by atoms with Crippen molar-refractivity contribution in [2.75, 3.05) is 22.5 Å². The summed E-state index contributed by atoms with van der Waals surface area (Å²) in [7, 11) is -3.70. The molecule has 0 bridgehead atoms. The molecule has 0 radical (unpaired) electrons. The molecule has 2 rings (SSSR count). The lowest BCUT2D eigenvalue weighted by molar-refractivity contribution is -0.116. The number of ether oxygens (including phenoxy) is 1. The average molecular weight is 425 g/mol. The second kappa shape index (κ2) is 9.07. The predicted octanol–water partition coefficient (Wildman–Crippen LogP) is 3.31. The lowest BCUT2D eigenvalue weighted by Gasteiger charge is -2.28. The van der Waals surface area contributed by atoms with Crippen LogP contribution in [0.2, 0.25) is 5.02 Å². The molecule has 0 saturated heterocycles. The summed E-state index contributed by atoms with van der Waals surface area (Å²) >= 11 is 6.10. The van der Waals surface area contributed by atoms with E-state index < -0.39 is 27.9 Å². The van der Waals surface area contributed by atoms with E-state index in [0.717, 1.165) is 10.6 Å². The smallest absolute Gasteiger partial charge is 0.339 e. The molecule has 9 heteroatoms. The fourth-order valence-electron chi connectivity index (χ4n) is 2.60. The maximum Gasteiger partial charge on any atom is 0.339 e. The first kappa shape index (κ1) is 21.7. The molecule has 7 nitrogen and oxygen atoms in total. The first-order valence-electron chi connectivity index (χ1n) is 8.47. The largest absolute Gasteiger partial charge is 0.462 e. The zero-order valence-corrected chi connectivity index (χ0v) is 17.3. The van der Waals surface area contributed by atoms with Crippen LogP contribution in [-0.4, -0.2) is 39.2 Å². The van der Waals surface area contributed by atoms with Gasteiger partial charge in [0.2, 0.25) is 15.9 Å². The number of amides is 1. The van der Waals surface area contributed by atoms with Crippen molar-refractivity contribution in [1.82, 2.24) is 0 Å². The number of nitrogens with zero attached hydrogens (tertiary/aromatic N) is 1. The summed E-state index contributed by atoms with van der Waals surface area (Å²) in [5, 5.41) is 2.74. The van der Waals surface area contributed by atoms with Crippen LogP contribution in [0.5, 0.6) is 0 Å². The fraction of sp³-hybridized carbons (Fsp3) is 0.263. The van der Waals surface area contributed by atoms with Crippen molar-refractivity contribution in [1.29, 1.82) is 0 Å². The highest BCUT2D eigenvalue weighted by Gasteiger charge is 2.29. The van der Waals surface area contributed by atoms with Gasteiger partial charge in [0.25, 0.3) is 0 Å². The van der Waals surface area contributed by atoms with Crippen LogP contribution >= 0.6 is 11.6 Å². The Bertz CT molecular complexity index is 964. The number of carbonyl (C=O) groups is 2. The minimum absolute atomic E-state index is 0.118. The van der Waals surface area contributed by atoms with Gasteiger partial charge in [0.1, 0.15) is 6.04 Å². The van der Waals surface area contributed by atoms with E-state index in [9.17, 15) is 18.0 Å². The van der Waals surface area contributed by atoms with Gasteiger partial charge in [0.15, 0.2) is 0 Å². The third-order valence-electron chi connectivity index (χ3n) is 3.83. The number of sulfonamides is 1. The van der Waals surface area contributed by atoms with Crippen molar-refractivity contribution < 1.29 is 22.7 Å². The molecule has 0 aromatic heterocycles. The van der Waals surface area contributed by atoms with E-state index in [2.05, 4.69) is 5.32 Å². The molecular weight excluding hydrogens is 404 g/mol. The number of hydrogen-bond acceptors (Lipinski definition) is 5. The molecule has 28 heavy (non-hydrogen) atoms. The molecule has 0 saturated carbocycles. The van der Waals surface area contributed by atoms with Crippen molar-refractivity contribution in [2.24, 2.45) is 0 Å². The molecule has 2 aromatic carbocycles.